The number of anilines is 2. The lowest BCUT2D eigenvalue weighted by molar-refractivity contribution is 0.310. The van der Waals surface area contributed by atoms with Crippen molar-refractivity contribution in [2.75, 3.05) is 11.4 Å². The van der Waals surface area contributed by atoms with Crippen molar-refractivity contribution in [3.05, 3.63) is 90.0 Å². The predicted molar refractivity (Wildman–Crippen MR) is 119 cm³/mol. The van der Waals surface area contributed by atoms with Gasteiger partial charge >= 0.3 is 0 Å². The lowest BCUT2D eigenvalue weighted by Crippen LogP contribution is -2.49. The lowest BCUT2D eigenvalue weighted by Gasteiger charge is -2.41. The van der Waals surface area contributed by atoms with Crippen LogP contribution in [0, 0.1) is 0 Å². The summed E-state index contributed by atoms with van der Waals surface area (Å²) in [6.45, 7) is 4.07. The molecule has 148 valence electrons. The molecule has 3 heteroatoms. The van der Waals surface area contributed by atoms with Gasteiger partial charge in [-0.3, -0.25) is 0 Å². The predicted octanol–water partition coefficient (Wildman–Crippen LogP) is 5.64. The number of hydrogen-bond donors (Lipinski definition) is 1. The topological polar surface area (TPSA) is 24.5 Å². The SMILES string of the molecule is CC(c1ccccc1)[C@H](C1CCCN1)N1c2ccccc2COc2ccccc21. The summed E-state index contributed by atoms with van der Waals surface area (Å²) in [6.07, 6.45) is 2.43. The van der Waals surface area contributed by atoms with Crippen molar-refractivity contribution in [3.63, 3.8) is 0 Å². The number of nitrogens with one attached hydrogen (secondary N) is 1. The monoisotopic (exact) mass is 384 g/mol. The summed E-state index contributed by atoms with van der Waals surface area (Å²) >= 11 is 0. The Morgan fingerprint density at radius 1 is 0.897 bits per heavy atom. The van der Waals surface area contributed by atoms with Gasteiger partial charge in [0.1, 0.15) is 12.4 Å². The summed E-state index contributed by atoms with van der Waals surface area (Å²) in [5.41, 5.74) is 5.05. The molecule has 1 saturated heterocycles. The second kappa shape index (κ2) is 7.92. The van der Waals surface area contributed by atoms with Crippen LogP contribution in [0.15, 0.2) is 78.9 Å². The number of rotatable bonds is 4. The largest absolute Gasteiger partial charge is 0.487 e. The molecule has 0 aromatic heterocycles. The van der Waals surface area contributed by atoms with E-state index in [9.17, 15) is 0 Å². The Morgan fingerprint density at radius 3 is 2.41 bits per heavy atom. The molecular formula is C26H28N2O. The summed E-state index contributed by atoms with van der Waals surface area (Å²) in [5.74, 6) is 1.33. The van der Waals surface area contributed by atoms with E-state index in [1.54, 1.807) is 0 Å². The van der Waals surface area contributed by atoms with Gasteiger partial charge in [0.25, 0.3) is 0 Å². The maximum atomic E-state index is 6.24. The van der Waals surface area contributed by atoms with Crippen LogP contribution in [0.3, 0.4) is 0 Å². The fraction of sp³-hybridized carbons (Fsp3) is 0.308. The average Bonchev–Trinajstić information content (AvgIpc) is 3.25. The minimum atomic E-state index is 0.295. The maximum absolute atomic E-state index is 6.24. The van der Waals surface area contributed by atoms with Crippen molar-refractivity contribution in [2.45, 2.75) is 44.4 Å². The Kier molecular flexibility index (Phi) is 4.99. The second-order valence-corrected chi connectivity index (χ2v) is 8.15. The molecule has 0 spiro atoms. The molecule has 29 heavy (non-hydrogen) atoms. The summed E-state index contributed by atoms with van der Waals surface area (Å²) in [6, 6.07) is 28.8. The Labute approximate surface area is 173 Å². The number of nitrogens with zero attached hydrogens (tertiary/aromatic N) is 1. The Balaban J connectivity index is 1.69. The van der Waals surface area contributed by atoms with Crippen LogP contribution in [0.1, 0.15) is 36.8 Å². The van der Waals surface area contributed by atoms with Crippen LogP contribution in [0.4, 0.5) is 11.4 Å². The number of para-hydroxylation sites is 3. The van der Waals surface area contributed by atoms with Crippen molar-refractivity contribution in [1.29, 1.82) is 0 Å². The molecule has 2 heterocycles. The van der Waals surface area contributed by atoms with Gasteiger partial charge in [0.2, 0.25) is 0 Å². The van der Waals surface area contributed by atoms with Crippen LogP contribution in [-0.2, 0) is 6.61 Å². The fourth-order valence-corrected chi connectivity index (χ4v) is 4.96. The normalized spacial score (nSPS) is 20.2. The van der Waals surface area contributed by atoms with Crippen molar-refractivity contribution in [2.24, 2.45) is 0 Å². The maximum Gasteiger partial charge on any atom is 0.143 e. The van der Waals surface area contributed by atoms with Gasteiger partial charge in [0.15, 0.2) is 0 Å². The molecule has 0 saturated carbocycles. The molecule has 3 nitrogen and oxygen atoms in total. The molecular weight excluding hydrogens is 356 g/mol. The van der Waals surface area contributed by atoms with Gasteiger partial charge in [-0.2, -0.15) is 0 Å². The highest BCUT2D eigenvalue weighted by molar-refractivity contribution is 5.74. The van der Waals surface area contributed by atoms with E-state index in [0.717, 1.165) is 12.3 Å². The highest BCUT2D eigenvalue weighted by Gasteiger charge is 2.38. The summed E-state index contributed by atoms with van der Waals surface area (Å²) < 4.78 is 6.24. The Bertz CT molecular complexity index is 918. The van der Waals surface area contributed by atoms with Gasteiger partial charge in [-0.15, -0.1) is 0 Å². The van der Waals surface area contributed by atoms with Crippen molar-refractivity contribution >= 4 is 11.4 Å². The molecule has 2 aliphatic rings. The summed E-state index contributed by atoms with van der Waals surface area (Å²) in [5, 5.41) is 3.80. The first kappa shape index (κ1) is 18.3. The lowest BCUT2D eigenvalue weighted by atomic mass is 9.85. The molecule has 3 atom stereocenters. The van der Waals surface area contributed by atoms with Gasteiger partial charge in [-0.1, -0.05) is 67.6 Å². The van der Waals surface area contributed by atoms with E-state index in [2.05, 4.69) is 96.0 Å². The van der Waals surface area contributed by atoms with Crippen molar-refractivity contribution in [3.8, 4) is 5.75 Å². The zero-order chi connectivity index (χ0) is 19.6. The number of hydrogen-bond acceptors (Lipinski definition) is 3. The fourth-order valence-electron chi connectivity index (χ4n) is 4.96. The average molecular weight is 385 g/mol. The quantitative estimate of drug-likeness (QED) is 0.630. The van der Waals surface area contributed by atoms with Gasteiger partial charge in [0.05, 0.1) is 11.7 Å². The first-order chi connectivity index (χ1) is 14.3. The molecule has 0 amide bonds. The third kappa shape index (κ3) is 3.40. The minimum Gasteiger partial charge on any atom is -0.487 e. The van der Waals surface area contributed by atoms with E-state index in [-0.39, 0.29) is 0 Å². The van der Waals surface area contributed by atoms with E-state index in [0.29, 0.717) is 24.6 Å². The van der Waals surface area contributed by atoms with E-state index in [4.69, 9.17) is 4.74 Å². The van der Waals surface area contributed by atoms with Crippen LogP contribution in [0.25, 0.3) is 0 Å². The Hall–Kier alpha value is -2.78. The molecule has 2 aliphatic heterocycles. The zero-order valence-electron chi connectivity index (χ0n) is 16.9. The molecule has 5 rings (SSSR count). The molecule has 2 unspecified atom stereocenters. The van der Waals surface area contributed by atoms with E-state index >= 15 is 0 Å². The van der Waals surface area contributed by atoms with Crippen LogP contribution in [-0.4, -0.2) is 18.6 Å². The molecule has 0 aliphatic carbocycles. The van der Waals surface area contributed by atoms with Gasteiger partial charge in [-0.25, -0.2) is 0 Å². The summed E-state index contributed by atoms with van der Waals surface area (Å²) in [4.78, 5) is 2.55. The Morgan fingerprint density at radius 2 is 1.62 bits per heavy atom. The van der Waals surface area contributed by atoms with Gasteiger partial charge < -0.3 is 15.0 Å². The van der Waals surface area contributed by atoms with Crippen molar-refractivity contribution in [1.82, 2.24) is 5.32 Å². The van der Waals surface area contributed by atoms with Crippen LogP contribution in [0.2, 0.25) is 0 Å². The van der Waals surface area contributed by atoms with E-state index in [1.165, 1.54) is 35.3 Å². The number of benzene rings is 3. The van der Waals surface area contributed by atoms with Crippen molar-refractivity contribution < 1.29 is 4.74 Å². The molecule has 3 aromatic carbocycles. The first-order valence-electron chi connectivity index (χ1n) is 10.7. The smallest absolute Gasteiger partial charge is 0.143 e. The molecule has 1 N–H and O–H groups in total. The summed E-state index contributed by atoms with van der Waals surface area (Å²) in [7, 11) is 0. The minimum absolute atomic E-state index is 0.295. The second-order valence-electron chi connectivity index (χ2n) is 8.15. The molecule has 3 aromatic rings. The number of ether oxygens (including phenoxy) is 1. The van der Waals surface area contributed by atoms with Gasteiger partial charge in [0, 0.05) is 23.2 Å². The standard InChI is InChI=1S/C26H28N2O/c1-19(20-10-3-2-4-11-20)26(22-13-9-17-27-22)28-23-14-6-5-12-21(23)18-29-25-16-8-7-15-24(25)28/h2-8,10-12,14-16,19,22,26-27H,9,13,17-18H2,1H3/t19?,22?,26-/m1/s1. The third-order valence-electron chi connectivity index (χ3n) is 6.41. The van der Waals surface area contributed by atoms with E-state index in [1.807, 2.05) is 0 Å². The van der Waals surface area contributed by atoms with Gasteiger partial charge in [-0.05, 0) is 43.1 Å². The van der Waals surface area contributed by atoms with Crippen LogP contribution < -0.4 is 15.0 Å². The highest BCUT2D eigenvalue weighted by atomic mass is 16.5. The third-order valence-corrected chi connectivity index (χ3v) is 6.41. The van der Waals surface area contributed by atoms with Crippen LogP contribution >= 0.6 is 0 Å². The zero-order valence-corrected chi connectivity index (χ0v) is 16.9. The highest BCUT2D eigenvalue weighted by Crippen LogP contribution is 2.44. The first-order valence-corrected chi connectivity index (χ1v) is 10.7. The molecule has 1 fully saturated rings. The van der Waals surface area contributed by atoms with E-state index < -0.39 is 0 Å². The molecule has 0 radical (unpaired) electrons. The molecule has 0 bridgehead atoms. The van der Waals surface area contributed by atoms with Crippen LogP contribution in [0.5, 0.6) is 5.75 Å². The number of fused-ring (bicyclic) bond motifs is 2.